The summed E-state index contributed by atoms with van der Waals surface area (Å²) in [6.45, 7) is 2.51. The second-order valence-electron chi connectivity index (χ2n) is 7.29. The van der Waals surface area contributed by atoms with Crippen LogP contribution in [0.5, 0.6) is 0 Å². The molecule has 0 aromatic heterocycles. The predicted molar refractivity (Wildman–Crippen MR) is 112 cm³/mol. The van der Waals surface area contributed by atoms with Gasteiger partial charge in [-0.25, -0.2) is 4.79 Å². The molecular weight excluding hydrogens is 374 g/mol. The van der Waals surface area contributed by atoms with Crippen molar-refractivity contribution in [3.63, 3.8) is 0 Å². The number of urea groups is 1. The number of halogens is 1. The molecule has 0 radical (unpaired) electrons. The summed E-state index contributed by atoms with van der Waals surface area (Å²) in [5, 5.41) is 9.59. The number of nitrogens with one attached hydrogen (secondary N) is 3. The van der Waals surface area contributed by atoms with E-state index in [2.05, 4.69) is 16.0 Å². The first-order valence-electron chi connectivity index (χ1n) is 9.67. The van der Waals surface area contributed by atoms with Crippen LogP contribution >= 0.6 is 11.6 Å². The largest absolute Gasteiger partial charge is 0.347 e. The molecule has 0 aliphatic heterocycles. The van der Waals surface area contributed by atoms with E-state index in [1.807, 2.05) is 31.2 Å². The van der Waals surface area contributed by atoms with Crippen LogP contribution in [0.25, 0.3) is 0 Å². The Morgan fingerprint density at radius 1 is 0.929 bits per heavy atom. The zero-order valence-electron chi connectivity index (χ0n) is 16.0. The molecular formula is C22H26ClN3O2. The SMILES string of the molecule is Cc1ccc(CNC(=O)NC2CCCCC2NC(=O)c2ccc(Cl)cc2)cc1. The monoisotopic (exact) mass is 399 g/mol. The highest BCUT2D eigenvalue weighted by Gasteiger charge is 2.28. The van der Waals surface area contributed by atoms with Crippen molar-refractivity contribution in [1.82, 2.24) is 16.0 Å². The van der Waals surface area contributed by atoms with Crippen LogP contribution in [-0.4, -0.2) is 24.0 Å². The molecule has 2 aromatic carbocycles. The van der Waals surface area contributed by atoms with Crippen molar-refractivity contribution in [2.75, 3.05) is 0 Å². The lowest BCUT2D eigenvalue weighted by molar-refractivity contribution is 0.0916. The average Bonchev–Trinajstić information content (AvgIpc) is 2.69. The molecule has 0 spiro atoms. The van der Waals surface area contributed by atoms with Gasteiger partial charge in [-0.1, -0.05) is 54.3 Å². The molecule has 1 saturated carbocycles. The summed E-state index contributed by atoms with van der Waals surface area (Å²) in [5.74, 6) is -0.143. The lowest BCUT2D eigenvalue weighted by Gasteiger charge is -2.32. The Labute approximate surface area is 170 Å². The fourth-order valence-corrected chi connectivity index (χ4v) is 3.56. The van der Waals surface area contributed by atoms with Gasteiger partial charge in [0.05, 0.1) is 6.04 Å². The fraction of sp³-hybridized carbons (Fsp3) is 0.364. The molecule has 3 amide bonds. The molecule has 0 saturated heterocycles. The molecule has 0 bridgehead atoms. The van der Waals surface area contributed by atoms with E-state index in [-0.39, 0.29) is 24.0 Å². The van der Waals surface area contributed by atoms with Crippen LogP contribution in [-0.2, 0) is 6.54 Å². The zero-order chi connectivity index (χ0) is 19.9. The molecule has 28 heavy (non-hydrogen) atoms. The van der Waals surface area contributed by atoms with Gasteiger partial charge in [0.15, 0.2) is 0 Å². The van der Waals surface area contributed by atoms with Gasteiger partial charge in [-0.2, -0.15) is 0 Å². The Balaban J connectivity index is 1.53. The quantitative estimate of drug-likeness (QED) is 0.705. The molecule has 1 aliphatic rings. The van der Waals surface area contributed by atoms with Crippen molar-refractivity contribution in [2.45, 2.75) is 51.2 Å². The Bertz CT molecular complexity index is 806. The van der Waals surface area contributed by atoms with E-state index in [0.29, 0.717) is 17.1 Å². The third kappa shape index (κ3) is 5.73. The Kier molecular flexibility index (Phi) is 6.93. The number of hydrogen-bond donors (Lipinski definition) is 3. The minimum Gasteiger partial charge on any atom is -0.347 e. The summed E-state index contributed by atoms with van der Waals surface area (Å²) >= 11 is 5.88. The molecule has 148 valence electrons. The summed E-state index contributed by atoms with van der Waals surface area (Å²) in [4.78, 5) is 24.9. The number of carbonyl (C=O) groups is 2. The maximum absolute atomic E-state index is 12.5. The number of benzene rings is 2. The number of hydrogen-bond acceptors (Lipinski definition) is 2. The summed E-state index contributed by atoms with van der Waals surface area (Å²) in [7, 11) is 0. The van der Waals surface area contributed by atoms with Gasteiger partial charge in [-0.15, -0.1) is 0 Å². The Morgan fingerprint density at radius 2 is 1.54 bits per heavy atom. The van der Waals surface area contributed by atoms with Crippen LogP contribution in [0, 0.1) is 6.92 Å². The summed E-state index contributed by atoms with van der Waals surface area (Å²) < 4.78 is 0. The van der Waals surface area contributed by atoms with Gasteiger partial charge in [-0.3, -0.25) is 4.79 Å². The Morgan fingerprint density at radius 3 is 2.18 bits per heavy atom. The van der Waals surface area contributed by atoms with Crippen LogP contribution in [0.1, 0.15) is 47.2 Å². The van der Waals surface area contributed by atoms with E-state index in [4.69, 9.17) is 11.6 Å². The van der Waals surface area contributed by atoms with Crippen molar-refractivity contribution in [3.05, 3.63) is 70.2 Å². The maximum Gasteiger partial charge on any atom is 0.315 e. The van der Waals surface area contributed by atoms with Crippen molar-refractivity contribution in [2.24, 2.45) is 0 Å². The first-order valence-corrected chi connectivity index (χ1v) is 10.1. The maximum atomic E-state index is 12.5. The van der Waals surface area contributed by atoms with E-state index < -0.39 is 0 Å². The standard InChI is InChI=1S/C22H26ClN3O2/c1-15-6-8-16(9-7-15)14-24-22(28)26-20-5-3-2-4-19(20)25-21(27)17-10-12-18(23)13-11-17/h6-13,19-20H,2-5,14H2,1H3,(H,25,27)(H2,24,26,28). The second-order valence-corrected chi connectivity index (χ2v) is 7.73. The van der Waals surface area contributed by atoms with Gasteiger partial charge in [-0.05, 0) is 49.6 Å². The molecule has 5 nitrogen and oxygen atoms in total. The topological polar surface area (TPSA) is 70.2 Å². The number of aryl methyl sites for hydroxylation is 1. The highest BCUT2D eigenvalue weighted by molar-refractivity contribution is 6.30. The van der Waals surface area contributed by atoms with Crippen LogP contribution in [0.2, 0.25) is 5.02 Å². The van der Waals surface area contributed by atoms with Crippen molar-refractivity contribution >= 4 is 23.5 Å². The van der Waals surface area contributed by atoms with E-state index in [0.717, 1.165) is 31.2 Å². The molecule has 2 aromatic rings. The lowest BCUT2D eigenvalue weighted by atomic mass is 9.90. The van der Waals surface area contributed by atoms with Gasteiger partial charge < -0.3 is 16.0 Å². The van der Waals surface area contributed by atoms with Gasteiger partial charge in [0.2, 0.25) is 0 Å². The van der Waals surface area contributed by atoms with Gasteiger partial charge >= 0.3 is 6.03 Å². The number of amides is 3. The van der Waals surface area contributed by atoms with Crippen LogP contribution < -0.4 is 16.0 Å². The first kappa shape index (κ1) is 20.2. The number of carbonyl (C=O) groups excluding carboxylic acids is 2. The van der Waals surface area contributed by atoms with Crippen molar-refractivity contribution < 1.29 is 9.59 Å². The van der Waals surface area contributed by atoms with Crippen molar-refractivity contribution in [1.29, 1.82) is 0 Å². The molecule has 1 aliphatic carbocycles. The third-order valence-corrected chi connectivity index (χ3v) is 5.33. The summed E-state index contributed by atoms with van der Waals surface area (Å²) in [6, 6.07) is 14.5. The minimum atomic E-state index is -0.210. The van der Waals surface area contributed by atoms with E-state index in [1.165, 1.54) is 5.56 Å². The molecule has 3 rings (SSSR count). The van der Waals surface area contributed by atoms with E-state index in [9.17, 15) is 9.59 Å². The number of rotatable bonds is 5. The predicted octanol–water partition coefficient (Wildman–Crippen LogP) is 4.19. The molecule has 6 heteroatoms. The lowest BCUT2D eigenvalue weighted by Crippen LogP contribution is -2.55. The van der Waals surface area contributed by atoms with Crippen LogP contribution in [0.4, 0.5) is 4.79 Å². The van der Waals surface area contributed by atoms with Gasteiger partial charge in [0.1, 0.15) is 0 Å². The van der Waals surface area contributed by atoms with Gasteiger partial charge in [0.25, 0.3) is 5.91 Å². The van der Waals surface area contributed by atoms with E-state index in [1.54, 1.807) is 24.3 Å². The smallest absolute Gasteiger partial charge is 0.315 e. The highest BCUT2D eigenvalue weighted by Crippen LogP contribution is 2.19. The van der Waals surface area contributed by atoms with Crippen molar-refractivity contribution in [3.8, 4) is 0 Å². The molecule has 2 atom stereocenters. The molecule has 2 unspecified atom stereocenters. The summed E-state index contributed by atoms with van der Waals surface area (Å²) in [6.07, 6.45) is 3.77. The van der Waals surface area contributed by atoms with E-state index >= 15 is 0 Å². The van der Waals surface area contributed by atoms with Crippen LogP contribution in [0.15, 0.2) is 48.5 Å². The minimum absolute atomic E-state index is 0.0805. The molecule has 1 fully saturated rings. The molecule has 0 heterocycles. The highest BCUT2D eigenvalue weighted by atomic mass is 35.5. The summed E-state index contributed by atoms with van der Waals surface area (Å²) in [5.41, 5.74) is 2.81. The zero-order valence-corrected chi connectivity index (χ0v) is 16.8. The third-order valence-electron chi connectivity index (χ3n) is 5.08. The van der Waals surface area contributed by atoms with Crippen LogP contribution in [0.3, 0.4) is 0 Å². The first-order chi connectivity index (χ1) is 13.5. The van der Waals surface area contributed by atoms with Gasteiger partial charge in [0, 0.05) is 23.2 Å². The Hall–Kier alpha value is -2.53. The second kappa shape index (κ2) is 9.60. The average molecular weight is 400 g/mol. The molecule has 3 N–H and O–H groups in total. The fourth-order valence-electron chi connectivity index (χ4n) is 3.44. The normalized spacial score (nSPS) is 18.9.